The molecular formula is C6H4BrNO4S. The van der Waals surface area contributed by atoms with Crippen LogP contribution in [0.25, 0.3) is 0 Å². The van der Waals surface area contributed by atoms with Crippen LogP contribution < -0.4 is 0 Å². The Morgan fingerprint density at radius 3 is 2.38 bits per heavy atom. The van der Waals surface area contributed by atoms with Gasteiger partial charge in [0.2, 0.25) is 0 Å². The molecule has 0 bridgehead atoms. The van der Waals surface area contributed by atoms with E-state index in [0.29, 0.717) is 0 Å². The Labute approximate surface area is 82.6 Å². The quantitative estimate of drug-likeness (QED) is 0.656. The van der Waals surface area contributed by atoms with Crippen molar-refractivity contribution in [1.82, 2.24) is 0 Å². The molecule has 0 unspecified atom stereocenters. The third-order valence-electron chi connectivity index (χ3n) is 1.30. The van der Waals surface area contributed by atoms with Gasteiger partial charge in [-0.3, -0.25) is 4.55 Å². The zero-order valence-electron chi connectivity index (χ0n) is 6.14. The van der Waals surface area contributed by atoms with Gasteiger partial charge in [0.25, 0.3) is 10.1 Å². The van der Waals surface area contributed by atoms with Crippen LogP contribution in [0.3, 0.4) is 0 Å². The summed E-state index contributed by atoms with van der Waals surface area (Å²) in [5, 5.41) is 2.60. The molecule has 0 atom stereocenters. The first kappa shape index (κ1) is 10.3. The normalized spacial score (nSPS) is 11.2. The zero-order valence-corrected chi connectivity index (χ0v) is 8.54. The van der Waals surface area contributed by atoms with Gasteiger partial charge < -0.3 is 0 Å². The van der Waals surface area contributed by atoms with Crippen molar-refractivity contribution in [1.29, 1.82) is 0 Å². The summed E-state index contributed by atoms with van der Waals surface area (Å²) in [5.41, 5.74) is 0.0827. The minimum absolute atomic E-state index is 0.0827. The van der Waals surface area contributed by atoms with Gasteiger partial charge in [-0.2, -0.15) is 8.42 Å². The summed E-state index contributed by atoms with van der Waals surface area (Å²) in [6.07, 6.45) is 0. The van der Waals surface area contributed by atoms with E-state index in [9.17, 15) is 13.3 Å². The standard InChI is InChI=1S/C6H4BrNO4S/c7-5-3-4(8-9)1-2-6(5)13(10,11)12/h1-3H,(H,10,11,12). The molecule has 0 fully saturated rings. The lowest BCUT2D eigenvalue weighted by Crippen LogP contribution is -1.98. The third kappa shape index (κ3) is 2.33. The summed E-state index contributed by atoms with van der Waals surface area (Å²) in [6, 6.07) is 3.49. The maximum atomic E-state index is 10.7. The molecule has 0 aliphatic heterocycles. The smallest absolute Gasteiger partial charge is 0.282 e. The van der Waals surface area contributed by atoms with E-state index in [1.807, 2.05) is 0 Å². The molecule has 7 heteroatoms. The largest absolute Gasteiger partial charge is 0.295 e. The second kappa shape index (κ2) is 3.52. The maximum Gasteiger partial charge on any atom is 0.295 e. The van der Waals surface area contributed by atoms with Crippen molar-refractivity contribution in [3.8, 4) is 0 Å². The SMILES string of the molecule is O=Nc1ccc(S(=O)(=O)O)c(Br)c1. The summed E-state index contributed by atoms with van der Waals surface area (Å²) in [5.74, 6) is 0. The molecule has 0 amide bonds. The van der Waals surface area contributed by atoms with Gasteiger partial charge in [0.05, 0.1) is 0 Å². The topological polar surface area (TPSA) is 83.8 Å². The number of halogens is 1. The van der Waals surface area contributed by atoms with Crippen LogP contribution in [-0.2, 0) is 10.1 Å². The second-order valence-corrected chi connectivity index (χ2v) is 4.43. The maximum absolute atomic E-state index is 10.7. The van der Waals surface area contributed by atoms with Crippen molar-refractivity contribution >= 4 is 31.7 Å². The van der Waals surface area contributed by atoms with E-state index in [2.05, 4.69) is 21.1 Å². The molecule has 0 aliphatic rings. The number of hydrogen-bond acceptors (Lipinski definition) is 4. The van der Waals surface area contributed by atoms with Crippen molar-refractivity contribution in [3.63, 3.8) is 0 Å². The van der Waals surface area contributed by atoms with Crippen molar-refractivity contribution < 1.29 is 13.0 Å². The van der Waals surface area contributed by atoms with E-state index < -0.39 is 10.1 Å². The Bertz CT molecular complexity index is 442. The van der Waals surface area contributed by atoms with Crippen LogP contribution >= 0.6 is 15.9 Å². The lowest BCUT2D eigenvalue weighted by atomic mass is 10.3. The Kier molecular flexibility index (Phi) is 2.79. The molecule has 0 radical (unpaired) electrons. The number of nitrogens with zero attached hydrogens (tertiary/aromatic N) is 1. The summed E-state index contributed by atoms with van der Waals surface area (Å²) in [4.78, 5) is 9.75. The highest BCUT2D eigenvalue weighted by Crippen LogP contribution is 2.26. The summed E-state index contributed by atoms with van der Waals surface area (Å²) >= 11 is 2.89. The molecule has 0 aliphatic carbocycles. The fourth-order valence-corrected chi connectivity index (χ4v) is 2.28. The van der Waals surface area contributed by atoms with Gasteiger partial charge in [-0.25, -0.2) is 0 Å². The van der Waals surface area contributed by atoms with Crippen LogP contribution in [0.15, 0.2) is 32.7 Å². The molecule has 0 spiro atoms. The van der Waals surface area contributed by atoms with E-state index in [-0.39, 0.29) is 15.1 Å². The van der Waals surface area contributed by atoms with Gasteiger partial charge in [-0.1, -0.05) is 0 Å². The van der Waals surface area contributed by atoms with Crippen molar-refractivity contribution in [2.75, 3.05) is 0 Å². The lowest BCUT2D eigenvalue weighted by Gasteiger charge is -1.99. The minimum atomic E-state index is -4.25. The molecule has 0 heterocycles. The summed E-state index contributed by atoms with van der Waals surface area (Å²) < 4.78 is 30.1. The first-order valence-corrected chi connectivity index (χ1v) is 5.29. The molecule has 0 saturated carbocycles. The van der Waals surface area contributed by atoms with Crippen LogP contribution in [-0.4, -0.2) is 13.0 Å². The number of hydrogen-bond donors (Lipinski definition) is 1. The van der Waals surface area contributed by atoms with Gasteiger partial charge in [-0.05, 0) is 39.3 Å². The molecule has 0 aromatic heterocycles. The highest BCUT2D eigenvalue weighted by molar-refractivity contribution is 9.10. The first-order chi connectivity index (χ1) is 5.95. The van der Waals surface area contributed by atoms with E-state index in [4.69, 9.17) is 4.55 Å². The Balaban J connectivity index is 3.37. The second-order valence-electron chi connectivity index (χ2n) is 2.18. The van der Waals surface area contributed by atoms with Crippen LogP contribution in [0, 0.1) is 4.91 Å². The predicted molar refractivity (Wildman–Crippen MR) is 49.4 cm³/mol. The Morgan fingerprint density at radius 2 is 2.00 bits per heavy atom. The Hall–Kier alpha value is -0.790. The van der Waals surface area contributed by atoms with Gasteiger partial charge in [-0.15, -0.1) is 4.91 Å². The highest BCUT2D eigenvalue weighted by Gasteiger charge is 2.13. The molecular weight excluding hydrogens is 262 g/mol. The molecule has 1 aromatic rings. The Morgan fingerprint density at radius 1 is 1.38 bits per heavy atom. The molecule has 1 N–H and O–H groups in total. The van der Waals surface area contributed by atoms with E-state index in [1.54, 1.807) is 0 Å². The van der Waals surface area contributed by atoms with Crippen LogP contribution in [0.4, 0.5) is 5.69 Å². The average molecular weight is 266 g/mol. The van der Waals surface area contributed by atoms with Crippen LogP contribution in [0.2, 0.25) is 0 Å². The predicted octanol–water partition coefficient (Wildman–Crippen LogP) is 2.09. The number of rotatable bonds is 2. The summed E-state index contributed by atoms with van der Waals surface area (Å²) in [7, 11) is -4.25. The van der Waals surface area contributed by atoms with Crippen LogP contribution in [0.5, 0.6) is 0 Å². The fraction of sp³-hybridized carbons (Fsp3) is 0. The van der Waals surface area contributed by atoms with Crippen molar-refractivity contribution in [3.05, 3.63) is 27.6 Å². The van der Waals surface area contributed by atoms with Crippen molar-refractivity contribution in [2.24, 2.45) is 5.18 Å². The van der Waals surface area contributed by atoms with Crippen molar-refractivity contribution in [2.45, 2.75) is 4.90 Å². The molecule has 0 saturated heterocycles. The van der Waals surface area contributed by atoms with E-state index in [0.717, 1.165) is 6.07 Å². The molecule has 70 valence electrons. The molecule has 1 aromatic carbocycles. The van der Waals surface area contributed by atoms with E-state index >= 15 is 0 Å². The van der Waals surface area contributed by atoms with Gasteiger partial charge in [0.1, 0.15) is 10.6 Å². The first-order valence-electron chi connectivity index (χ1n) is 3.05. The van der Waals surface area contributed by atoms with Gasteiger partial charge in [0.15, 0.2) is 0 Å². The van der Waals surface area contributed by atoms with Gasteiger partial charge in [0, 0.05) is 4.47 Å². The van der Waals surface area contributed by atoms with Gasteiger partial charge >= 0.3 is 0 Å². The fourth-order valence-electron chi connectivity index (χ4n) is 0.756. The molecule has 1 rings (SSSR count). The number of benzene rings is 1. The van der Waals surface area contributed by atoms with Crippen LogP contribution in [0.1, 0.15) is 0 Å². The highest BCUT2D eigenvalue weighted by atomic mass is 79.9. The number of nitroso groups, excluding NO2 is 1. The average Bonchev–Trinajstić information content (AvgIpc) is 2.01. The molecule has 13 heavy (non-hydrogen) atoms. The lowest BCUT2D eigenvalue weighted by molar-refractivity contribution is 0.482. The molecule has 5 nitrogen and oxygen atoms in total. The zero-order chi connectivity index (χ0) is 10.1. The van der Waals surface area contributed by atoms with E-state index in [1.165, 1.54) is 12.1 Å². The monoisotopic (exact) mass is 265 g/mol. The third-order valence-corrected chi connectivity index (χ3v) is 3.13. The minimum Gasteiger partial charge on any atom is -0.282 e. The summed E-state index contributed by atoms with van der Waals surface area (Å²) in [6.45, 7) is 0.